The number of phenolic OH excluding ortho intramolecular Hbond substituents is 5. The molecule has 0 spiro atoms. The SMILES string of the molecule is OCc1cc(O)c(O)c(COCc2cc(Cc3cc(Cc4cc(CO)c(O)c(Cc5cccc(CO)c5O)c4)c(O)c(Cc4cc(O)ccc4O)c3)cc(CO)c2O)c1. The number of hydrogen-bond donors (Lipinski definition) is 12. The first-order valence-corrected chi connectivity index (χ1v) is 18.7. The van der Waals surface area contributed by atoms with Gasteiger partial charge in [0.15, 0.2) is 11.5 Å². The van der Waals surface area contributed by atoms with E-state index < -0.39 is 24.7 Å². The molecule has 0 saturated heterocycles. The highest BCUT2D eigenvalue weighted by atomic mass is 16.5. The average Bonchev–Trinajstić information content (AvgIpc) is 3.22. The summed E-state index contributed by atoms with van der Waals surface area (Å²) in [5, 5.41) is 125. The van der Waals surface area contributed by atoms with Gasteiger partial charge in [-0.1, -0.05) is 36.4 Å². The normalized spacial score (nSPS) is 11.3. The van der Waals surface area contributed by atoms with E-state index >= 15 is 0 Å². The van der Waals surface area contributed by atoms with Crippen molar-refractivity contribution in [2.75, 3.05) is 0 Å². The second-order valence-corrected chi connectivity index (χ2v) is 14.5. The van der Waals surface area contributed by atoms with Crippen LogP contribution in [0.4, 0.5) is 0 Å². The van der Waals surface area contributed by atoms with Gasteiger partial charge in [0, 0.05) is 52.6 Å². The maximum Gasteiger partial charge on any atom is 0.163 e. The molecule has 0 atom stereocenters. The van der Waals surface area contributed by atoms with Gasteiger partial charge in [-0.2, -0.15) is 0 Å². The van der Waals surface area contributed by atoms with Crippen LogP contribution in [-0.2, 0) is 70.1 Å². The summed E-state index contributed by atoms with van der Waals surface area (Å²) in [7, 11) is 0. The van der Waals surface area contributed by atoms with Crippen molar-refractivity contribution >= 4 is 0 Å². The molecule has 0 aliphatic heterocycles. The van der Waals surface area contributed by atoms with Crippen LogP contribution in [0.2, 0.25) is 0 Å². The fraction of sp³-hybridized carbons (Fsp3) is 0.217. The molecule has 308 valence electrons. The van der Waals surface area contributed by atoms with Crippen molar-refractivity contribution < 1.29 is 66.0 Å². The molecule has 6 rings (SSSR count). The Bertz CT molecular complexity index is 2480. The molecule has 6 aromatic rings. The van der Waals surface area contributed by atoms with Crippen molar-refractivity contribution in [1.82, 2.24) is 0 Å². The lowest BCUT2D eigenvalue weighted by atomic mass is 9.90. The third-order valence-corrected chi connectivity index (χ3v) is 10.3. The Morgan fingerprint density at radius 3 is 1.39 bits per heavy atom. The van der Waals surface area contributed by atoms with Crippen LogP contribution in [0, 0.1) is 0 Å². The Labute approximate surface area is 339 Å². The minimum atomic E-state index is -0.499. The van der Waals surface area contributed by atoms with Crippen molar-refractivity contribution in [3.05, 3.63) is 163 Å². The molecule has 12 N–H and O–H groups in total. The highest BCUT2D eigenvalue weighted by Crippen LogP contribution is 2.37. The standard InChI is InChI=1S/C46H46O13/c47-19-28-14-38(46(58)41(53)15-28)24-59-23-37-13-26(11-36(22-50)45(37)57)6-25-7-32(43(55)34(8-25)17-31-18-39(51)4-5-40(31)52)9-27-10-33(44(56)35(12-27)21-49)16-29-2-1-3-30(20-48)42(29)54/h1-5,7-8,10-15,18,47-58H,6,9,16-17,19-24H2. The van der Waals surface area contributed by atoms with Gasteiger partial charge in [-0.3, -0.25) is 0 Å². The lowest BCUT2D eigenvalue weighted by Gasteiger charge is -2.17. The number of hydrogen-bond acceptors (Lipinski definition) is 13. The van der Waals surface area contributed by atoms with Crippen LogP contribution in [0.3, 0.4) is 0 Å². The quantitative estimate of drug-likeness (QED) is 0.0434. The molecular weight excluding hydrogens is 760 g/mol. The summed E-state index contributed by atoms with van der Waals surface area (Å²) in [4.78, 5) is 0. The number of aliphatic hydroxyl groups is 4. The average molecular weight is 807 g/mol. The first-order valence-electron chi connectivity index (χ1n) is 18.7. The molecule has 0 aliphatic rings. The van der Waals surface area contributed by atoms with Gasteiger partial charge in [-0.25, -0.2) is 0 Å². The van der Waals surface area contributed by atoms with Crippen molar-refractivity contribution in [2.45, 2.75) is 65.3 Å². The van der Waals surface area contributed by atoms with Crippen LogP contribution < -0.4 is 0 Å². The van der Waals surface area contributed by atoms with Crippen molar-refractivity contribution in [1.29, 1.82) is 0 Å². The summed E-state index contributed by atoms with van der Waals surface area (Å²) in [6, 6.07) is 21.8. The first kappa shape index (κ1) is 42.1. The number of benzene rings is 6. The van der Waals surface area contributed by atoms with Gasteiger partial charge in [-0.15, -0.1) is 0 Å². The van der Waals surface area contributed by atoms with Crippen LogP contribution in [0.1, 0.15) is 77.9 Å². The second-order valence-electron chi connectivity index (χ2n) is 14.5. The Balaban J connectivity index is 1.36. The molecule has 0 unspecified atom stereocenters. The maximum atomic E-state index is 11.7. The predicted molar refractivity (Wildman–Crippen MR) is 215 cm³/mol. The largest absolute Gasteiger partial charge is 0.508 e. The summed E-state index contributed by atoms with van der Waals surface area (Å²) < 4.78 is 5.79. The highest BCUT2D eigenvalue weighted by molar-refractivity contribution is 5.55. The third kappa shape index (κ3) is 9.63. The molecule has 0 saturated carbocycles. The smallest absolute Gasteiger partial charge is 0.163 e. The van der Waals surface area contributed by atoms with Crippen molar-refractivity contribution in [3.63, 3.8) is 0 Å². The molecule has 13 heteroatoms. The molecular formula is C46H46O13. The van der Waals surface area contributed by atoms with Gasteiger partial charge in [0.2, 0.25) is 0 Å². The van der Waals surface area contributed by atoms with Crippen molar-refractivity contribution in [3.8, 4) is 46.0 Å². The fourth-order valence-corrected chi connectivity index (χ4v) is 7.27. The molecule has 0 radical (unpaired) electrons. The summed E-state index contributed by atoms with van der Waals surface area (Å²) in [6.45, 7) is -2.08. The maximum absolute atomic E-state index is 11.7. The Kier molecular flexibility index (Phi) is 13.1. The van der Waals surface area contributed by atoms with E-state index in [9.17, 15) is 61.3 Å². The molecule has 0 bridgehead atoms. The molecule has 0 amide bonds. The van der Waals surface area contributed by atoms with E-state index in [1.807, 2.05) is 0 Å². The fourth-order valence-electron chi connectivity index (χ4n) is 7.27. The minimum Gasteiger partial charge on any atom is -0.508 e. The van der Waals surface area contributed by atoms with Gasteiger partial charge in [-0.05, 0) is 99.5 Å². The second kappa shape index (κ2) is 18.4. The molecule has 0 aromatic heterocycles. The predicted octanol–water partition coefficient (Wildman–Crippen LogP) is 5.38. The molecule has 0 heterocycles. The molecule has 0 fully saturated rings. The van der Waals surface area contributed by atoms with E-state index in [4.69, 9.17) is 4.74 Å². The number of aliphatic hydroxyl groups excluding tert-OH is 4. The Morgan fingerprint density at radius 1 is 0.322 bits per heavy atom. The number of ether oxygens (including phenoxy) is 1. The summed E-state index contributed by atoms with van der Waals surface area (Å²) in [6.07, 6.45) is 0.423. The number of para-hydroxylation sites is 1. The van der Waals surface area contributed by atoms with E-state index in [1.54, 1.807) is 54.6 Å². The van der Waals surface area contributed by atoms with E-state index in [-0.39, 0.29) is 103 Å². The van der Waals surface area contributed by atoms with E-state index in [1.165, 1.54) is 30.3 Å². The third-order valence-electron chi connectivity index (χ3n) is 10.3. The molecule has 0 aliphatic carbocycles. The molecule has 59 heavy (non-hydrogen) atoms. The van der Waals surface area contributed by atoms with Crippen LogP contribution in [0.5, 0.6) is 46.0 Å². The Morgan fingerprint density at radius 2 is 0.780 bits per heavy atom. The molecule has 13 nitrogen and oxygen atoms in total. The van der Waals surface area contributed by atoms with Gasteiger partial charge >= 0.3 is 0 Å². The minimum absolute atomic E-state index is 0.0204. The zero-order valence-electron chi connectivity index (χ0n) is 31.9. The van der Waals surface area contributed by atoms with Crippen LogP contribution in [-0.4, -0.2) is 61.3 Å². The highest BCUT2D eigenvalue weighted by Gasteiger charge is 2.19. The van der Waals surface area contributed by atoms with Crippen LogP contribution in [0.15, 0.2) is 84.9 Å². The van der Waals surface area contributed by atoms with Gasteiger partial charge in [0.05, 0.1) is 39.6 Å². The number of phenols is 8. The number of aromatic hydroxyl groups is 8. The molecule has 6 aromatic carbocycles. The number of rotatable bonds is 16. The van der Waals surface area contributed by atoms with Crippen LogP contribution in [0.25, 0.3) is 0 Å². The topological polar surface area (TPSA) is 252 Å². The van der Waals surface area contributed by atoms with Crippen molar-refractivity contribution in [2.24, 2.45) is 0 Å². The zero-order chi connectivity index (χ0) is 42.4. The zero-order valence-corrected chi connectivity index (χ0v) is 31.9. The van der Waals surface area contributed by atoms with E-state index in [2.05, 4.69) is 0 Å². The van der Waals surface area contributed by atoms with E-state index in [0.29, 0.717) is 61.2 Å². The first-order chi connectivity index (χ1) is 28.3. The van der Waals surface area contributed by atoms with Crippen LogP contribution >= 0.6 is 0 Å². The summed E-state index contributed by atoms with van der Waals surface area (Å²) in [5.41, 5.74) is 5.63. The van der Waals surface area contributed by atoms with Gasteiger partial charge in [0.1, 0.15) is 34.5 Å². The summed E-state index contributed by atoms with van der Waals surface area (Å²) >= 11 is 0. The monoisotopic (exact) mass is 806 g/mol. The Hall–Kier alpha value is -6.48. The van der Waals surface area contributed by atoms with E-state index in [0.717, 1.165) is 0 Å². The lowest BCUT2D eigenvalue weighted by Crippen LogP contribution is -2.03. The van der Waals surface area contributed by atoms with Gasteiger partial charge < -0.3 is 66.0 Å². The van der Waals surface area contributed by atoms with Gasteiger partial charge in [0.25, 0.3) is 0 Å². The summed E-state index contributed by atoms with van der Waals surface area (Å²) in [5.74, 6) is -1.57. The lowest BCUT2D eigenvalue weighted by molar-refractivity contribution is 0.103.